The molecule has 1 heterocycles. The minimum Gasteiger partial charge on any atom is -0.482 e. The van der Waals surface area contributed by atoms with Crippen molar-refractivity contribution in [3.05, 3.63) is 29.8 Å². The zero-order valence-electron chi connectivity index (χ0n) is 12.5. The second kappa shape index (κ2) is 6.59. The molecular formula is C16H20N2O3. The minimum atomic E-state index is -0.279. The molecule has 0 aromatic heterocycles. The molecule has 21 heavy (non-hydrogen) atoms. The maximum absolute atomic E-state index is 12.2. The van der Waals surface area contributed by atoms with E-state index in [0.29, 0.717) is 17.9 Å². The third-order valence-electron chi connectivity index (χ3n) is 3.86. The highest BCUT2D eigenvalue weighted by Gasteiger charge is 2.33. The van der Waals surface area contributed by atoms with E-state index in [1.165, 1.54) is 0 Å². The number of methoxy groups -OCH3 is 1. The summed E-state index contributed by atoms with van der Waals surface area (Å²) < 4.78 is 11.0. The number of nitriles is 1. The van der Waals surface area contributed by atoms with Crippen molar-refractivity contribution in [1.82, 2.24) is 4.90 Å². The Balaban J connectivity index is 1.94. The summed E-state index contributed by atoms with van der Waals surface area (Å²) >= 11 is 0. The number of hydrogen-bond donors (Lipinski definition) is 0. The van der Waals surface area contributed by atoms with Crippen molar-refractivity contribution in [3.8, 4) is 11.8 Å². The molecule has 1 amide bonds. The fourth-order valence-electron chi connectivity index (χ4n) is 2.50. The minimum absolute atomic E-state index is 0.0571. The SMILES string of the molecule is COC1(C)CCCN(C(=O)COc2ccccc2C#N)C1. The molecule has 1 unspecified atom stereocenters. The van der Waals surface area contributed by atoms with Gasteiger partial charge in [-0.2, -0.15) is 5.26 Å². The van der Waals surface area contributed by atoms with Gasteiger partial charge in [0.15, 0.2) is 6.61 Å². The molecule has 1 atom stereocenters. The maximum atomic E-state index is 12.2. The summed E-state index contributed by atoms with van der Waals surface area (Å²) in [7, 11) is 1.67. The first-order chi connectivity index (χ1) is 10.1. The van der Waals surface area contributed by atoms with Gasteiger partial charge in [0.2, 0.25) is 0 Å². The number of benzene rings is 1. The molecule has 1 aliphatic heterocycles. The second-order valence-electron chi connectivity index (χ2n) is 5.47. The summed E-state index contributed by atoms with van der Waals surface area (Å²) in [5, 5.41) is 8.99. The van der Waals surface area contributed by atoms with Crippen LogP contribution in [0.4, 0.5) is 0 Å². The highest BCUT2D eigenvalue weighted by atomic mass is 16.5. The van der Waals surface area contributed by atoms with E-state index in [-0.39, 0.29) is 18.1 Å². The molecule has 1 fully saturated rings. The van der Waals surface area contributed by atoms with Crippen molar-refractivity contribution in [2.24, 2.45) is 0 Å². The van der Waals surface area contributed by atoms with E-state index in [1.807, 2.05) is 6.92 Å². The Morgan fingerprint density at radius 3 is 2.95 bits per heavy atom. The van der Waals surface area contributed by atoms with Gasteiger partial charge in [-0.05, 0) is 31.9 Å². The van der Waals surface area contributed by atoms with Crippen LogP contribution < -0.4 is 4.74 Å². The van der Waals surface area contributed by atoms with Gasteiger partial charge in [0.1, 0.15) is 11.8 Å². The third kappa shape index (κ3) is 3.73. The average Bonchev–Trinajstić information content (AvgIpc) is 2.53. The molecule has 5 heteroatoms. The largest absolute Gasteiger partial charge is 0.482 e. The molecule has 1 aliphatic rings. The van der Waals surface area contributed by atoms with Crippen LogP contribution in [0.2, 0.25) is 0 Å². The Morgan fingerprint density at radius 1 is 1.48 bits per heavy atom. The van der Waals surface area contributed by atoms with Crippen LogP contribution in [0.15, 0.2) is 24.3 Å². The summed E-state index contributed by atoms with van der Waals surface area (Å²) in [6.07, 6.45) is 1.87. The number of likely N-dealkylation sites (tertiary alicyclic amines) is 1. The van der Waals surface area contributed by atoms with E-state index >= 15 is 0 Å². The summed E-state index contributed by atoms with van der Waals surface area (Å²) in [6.45, 7) is 3.25. The van der Waals surface area contributed by atoms with Crippen molar-refractivity contribution in [2.45, 2.75) is 25.4 Å². The van der Waals surface area contributed by atoms with Gasteiger partial charge in [-0.1, -0.05) is 12.1 Å². The van der Waals surface area contributed by atoms with Gasteiger partial charge < -0.3 is 14.4 Å². The number of nitrogens with zero attached hydrogens (tertiary/aromatic N) is 2. The second-order valence-corrected chi connectivity index (χ2v) is 5.47. The predicted octanol–water partition coefficient (Wildman–Crippen LogP) is 1.96. The Hall–Kier alpha value is -2.06. The molecule has 0 spiro atoms. The molecule has 0 N–H and O–H groups in total. The molecule has 0 bridgehead atoms. The molecule has 1 aromatic rings. The fourth-order valence-corrected chi connectivity index (χ4v) is 2.50. The topological polar surface area (TPSA) is 62.6 Å². The van der Waals surface area contributed by atoms with Gasteiger partial charge in [0, 0.05) is 20.2 Å². The average molecular weight is 288 g/mol. The van der Waals surface area contributed by atoms with Crippen LogP contribution in [0.1, 0.15) is 25.3 Å². The zero-order valence-corrected chi connectivity index (χ0v) is 12.5. The molecule has 0 aliphatic carbocycles. The molecule has 1 saturated heterocycles. The van der Waals surface area contributed by atoms with Crippen molar-refractivity contribution in [2.75, 3.05) is 26.8 Å². The van der Waals surface area contributed by atoms with Crippen LogP contribution in [0, 0.1) is 11.3 Å². The number of carbonyl (C=O) groups is 1. The number of carbonyl (C=O) groups excluding carboxylic acids is 1. The predicted molar refractivity (Wildman–Crippen MR) is 77.9 cm³/mol. The molecule has 0 saturated carbocycles. The monoisotopic (exact) mass is 288 g/mol. The van der Waals surface area contributed by atoms with Crippen LogP contribution in [-0.2, 0) is 9.53 Å². The van der Waals surface area contributed by atoms with Crippen LogP contribution in [0.5, 0.6) is 5.75 Å². The first kappa shape index (κ1) is 15.3. The maximum Gasteiger partial charge on any atom is 0.260 e. The molecular weight excluding hydrogens is 268 g/mol. The molecule has 0 radical (unpaired) electrons. The number of amides is 1. The highest BCUT2D eigenvalue weighted by Crippen LogP contribution is 2.24. The van der Waals surface area contributed by atoms with E-state index in [4.69, 9.17) is 14.7 Å². The molecule has 1 aromatic carbocycles. The fraction of sp³-hybridized carbons (Fsp3) is 0.500. The number of rotatable bonds is 4. The van der Waals surface area contributed by atoms with Crippen LogP contribution in [0.3, 0.4) is 0 Å². The summed E-state index contributed by atoms with van der Waals surface area (Å²) in [5.74, 6) is 0.366. The lowest BCUT2D eigenvalue weighted by Gasteiger charge is -2.39. The van der Waals surface area contributed by atoms with Crippen molar-refractivity contribution in [3.63, 3.8) is 0 Å². The standard InChI is InChI=1S/C16H20N2O3/c1-16(20-2)8-5-9-18(12-16)15(19)11-21-14-7-4-3-6-13(14)10-17/h3-4,6-7H,5,8-9,11-12H2,1-2H3. The Bertz CT molecular complexity index is 553. The van der Waals surface area contributed by atoms with Crippen molar-refractivity contribution < 1.29 is 14.3 Å². The lowest BCUT2D eigenvalue weighted by molar-refractivity contribution is -0.141. The van der Waals surface area contributed by atoms with Gasteiger partial charge in [0.05, 0.1) is 11.2 Å². The van der Waals surface area contributed by atoms with Crippen molar-refractivity contribution >= 4 is 5.91 Å². The lowest BCUT2D eigenvalue weighted by Crippen LogP contribution is -2.50. The van der Waals surface area contributed by atoms with Crippen LogP contribution in [-0.4, -0.2) is 43.2 Å². The van der Waals surface area contributed by atoms with Crippen LogP contribution >= 0.6 is 0 Å². The zero-order chi connectivity index (χ0) is 15.3. The smallest absolute Gasteiger partial charge is 0.260 e. The summed E-state index contributed by atoms with van der Waals surface area (Å²) in [6, 6.07) is 8.96. The third-order valence-corrected chi connectivity index (χ3v) is 3.86. The lowest BCUT2D eigenvalue weighted by atomic mass is 9.95. The molecule has 2 rings (SSSR count). The Kier molecular flexibility index (Phi) is 4.81. The quantitative estimate of drug-likeness (QED) is 0.849. The van der Waals surface area contributed by atoms with Crippen LogP contribution in [0.25, 0.3) is 0 Å². The van der Waals surface area contributed by atoms with E-state index < -0.39 is 0 Å². The molecule has 5 nitrogen and oxygen atoms in total. The first-order valence-electron chi connectivity index (χ1n) is 7.03. The van der Waals surface area contributed by atoms with E-state index in [2.05, 4.69) is 6.07 Å². The van der Waals surface area contributed by atoms with Crippen molar-refractivity contribution in [1.29, 1.82) is 5.26 Å². The Labute approximate surface area is 125 Å². The number of ether oxygens (including phenoxy) is 2. The number of hydrogen-bond acceptors (Lipinski definition) is 4. The van der Waals surface area contributed by atoms with E-state index in [1.54, 1.807) is 36.3 Å². The van der Waals surface area contributed by atoms with Gasteiger partial charge in [-0.3, -0.25) is 4.79 Å². The highest BCUT2D eigenvalue weighted by molar-refractivity contribution is 5.78. The normalized spacial score (nSPS) is 21.7. The Morgan fingerprint density at radius 2 is 2.24 bits per heavy atom. The van der Waals surface area contributed by atoms with Gasteiger partial charge in [0.25, 0.3) is 5.91 Å². The summed E-state index contributed by atoms with van der Waals surface area (Å²) in [4.78, 5) is 14.0. The summed E-state index contributed by atoms with van der Waals surface area (Å²) in [5.41, 5.74) is 0.157. The van der Waals surface area contributed by atoms with Gasteiger partial charge >= 0.3 is 0 Å². The van der Waals surface area contributed by atoms with E-state index in [0.717, 1.165) is 19.4 Å². The first-order valence-corrected chi connectivity index (χ1v) is 7.03. The molecule has 112 valence electrons. The van der Waals surface area contributed by atoms with Gasteiger partial charge in [-0.15, -0.1) is 0 Å². The number of piperidine rings is 1. The number of para-hydroxylation sites is 1. The van der Waals surface area contributed by atoms with E-state index in [9.17, 15) is 4.79 Å². The van der Waals surface area contributed by atoms with Gasteiger partial charge in [-0.25, -0.2) is 0 Å².